The molecule has 0 spiro atoms. The molecule has 4 aliphatic rings. The van der Waals surface area contributed by atoms with Gasteiger partial charge in [0.2, 0.25) is 0 Å². The van der Waals surface area contributed by atoms with Crippen molar-refractivity contribution < 1.29 is 1.37 Å². The van der Waals surface area contributed by atoms with Gasteiger partial charge >= 0.3 is 0 Å². The molecule has 0 amide bonds. The lowest BCUT2D eigenvalue weighted by molar-refractivity contribution is 0.168. The number of fused-ring (bicyclic) bond motifs is 3. The summed E-state index contributed by atoms with van der Waals surface area (Å²) in [4.78, 5) is 4.73. The number of aryl methyl sites for hydroxylation is 1. The Hall–Kier alpha value is -2.22. The first-order chi connectivity index (χ1) is 15.7. The standard InChI is InChI=1S/C29H36N2/c1-21-12-6-10-18-26(21)30-20-31-27-19-11-9-17-25(27)29(28(31)22(30)2,24-15-7-8-16-24)23-13-4-3-5-14-23/h6,9-12,17-19,23-24H,3-5,7-8,13-16,20H2,1-2H3/i20D. The van der Waals surface area contributed by atoms with E-state index in [0.29, 0.717) is 11.8 Å². The summed E-state index contributed by atoms with van der Waals surface area (Å²) in [5.41, 5.74) is 8.14. The van der Waals surface area contributed by atoms with Crippen molar-refractivity contribution in [1.82, 2.24) is 0 Å². The van der Waals surface area contributed by atoms with Crippen LogP contribution in [0, 0.1) is 18.8 Å². The molecule has 2 saturated carbocycles. The minimum atomic E-state index is -0.431. The minimum absolute atomic E-state index is 0.0777. The van der Waals surface area contributed by atoms with Crippen molar-refractivity contribution in [2.45, 2.75) is 77.0 Å². The molecular formula is C29H36N2. The molecule has 6 rings (SSSR count). The van der Waals surface area contributed by atoms with Crippen molar-refractivity contribution in [3.63, 3.8) is 0 Å². The molecule has 0 N–H and O–H groups in total. The van der Waals surface area contributed by atoms with Crippen LogP contribution in [0.3, 0.4) is 0 Å². The molecule has 0 bridgehead atoms. The molecule has 0 saturated heterocycles. The van der Waals surface area contributed by atoms with Crippen LogP contribution in [0.1, 0.15) is 77.2 Å². The van der Waals surface area contributed by atoms with Crippen LogP contribution in [-0.2, 0) is 5.41 Å². The van der Waals surface area contributed by atoms with Crippen molar-refractivity contribution in [2.75, 3.05) is 16.4 Å². The summed E-state index contributed by atoms with van der Waals surface area (Å²) in [6, 6.07) is 17.8. The van der Waals surface area contributed by atoms with Crippen molar-refractivity contribution in [3.05, 3.63) is 71.1 Å². The molecule has 0 radical (unpaired) electrons. The number of benzene rings is 2. The Morgan fingerprint density at radius 3 is 2.00 bits per heavy atom. The van der Waals surface area contributed by atoms with Gasteiger partial charge in [0.25, 0.3) is 0 Å². The molecule has 2 atom stereocenters. The highest BCUT2D eigenvalue weighted by atomic mass is 15.4. The van der Waals surface area contributed by atoms with Gasteiger partial charge in [-0.3, -0.25) is 0 Å². The molecule has 31 heavy (non-hydrogen) atoms. The summed E-state index contributed by atoms with van der Waals surface area (Å²) >= 11 is 0. The monoisotopic (exact) mass is 413 g/mol. The second kappa shape index (κ2) is 7.43. The number of nitrogens with zero attached hydrogens (tertiary/aromatic N) is 2. The normalized spacial score (nSPS) is 29.5. The Morgan fingerprint density at radius 1 is 0.742 bits per heavy atom. The Kier molecular flexibility index (Phi) is 4.40. The van der Waals surface area contributed by atoms with Crippen LogP contribution in [0.15, 0.2) is 59.9 Å². The number of allylic oxidation sites excluding steroid dienone is 2. The zero-order valence-electron chi connectivity index (χ0n) is 20.1. The lowest BCUT2D eigenvalue weighted by atomic mass is 9.57. The number of rotatable bonds is 3. The average molecular weight is 414 g/mol. The van der Waals surface area contributed by atoms with Crippen molar-refractivity contribution in [2.24, 2.45) is 11.8 Å². The molecule has 2 aromatic rings. The van der Waals surface area contributed by atoms with E-state index in [4.69, 9.17) is 0 Å². The largest absolute Gasteiger partial charge is 0.325 e. The van der Waals surface area contributed by atoms with E-state index in [1.807, 2.05) is 0 Å². The average Bonchev–Trinajstić information content (AvgIpc) is 3.51. The van der Waals surface area contributed by atoms with Crippen LogP contribution in [-0.4, -0.2) is 6.64 Å². The predicted octanol–water partition coefficient (Wildman–Crippen LogP) is 7.53. The second-order valence-corrected chi connectivity index (χ2v) is 10.3. The predicted molar refractivity (Wildman–Crippen MR) is 130 cm³/mol. The molecule has 0 aromatic heterocycles. The topological polar surface area (TPSA) is 6.48 Å². The zero-order chi connectivity index (χ0) is 21.9. The van der Waals surface area contributed by atoms with Gasteiger partial charge in [0.1, 0.15) is 0 Å². The third kappa shape index (κ3) is 2.69. The van der Waals surface area contributed by atoms with Crippen molar-refractivity contribution in [1.29, 1.82) is 0 Å². The molecule has 2 aliphatic heterocycles. The van der Waals surface area contributed by atoms with Crippen LogP contribution < -0.4 is 9.80 Å². The fourth-order valence-corrected chi connectivity index (χ4v) is 7.57. The number of para-hydroxylation sites is 2. The van der Waals surface area contributed by atoms with E-state index < -0.39 is 6.64 Å². The number of hydrogen-bond donors (Lipinski definition) is 0. The third-order valence-corrected chi connectivity index (χ3v) is 8.80. The Balaban J connectivity index is 1.61. The molecule has 162 valence electrons. The Bertz CT molecular complexity index is 1050. The first kappa shape index (κ1) is 18.4. The van der Waals surface area contributed by atoms with E-state index in [9.17, 15) is 1.37 Å². The molecule has 2 heteroatoms. The van der Waals surface area contributed by atoms with Gasteiger partial charge in [-0.25, -0.2) is 0 Å². The van der Waals surface area contributed by atoms with Gasteiger partial charge in [-0.05, 0) is 74.6 Å². The molecule has 2 aliphatic carbocycles. The maximum atomic E-state index is 9.48. The number of anilines is 2. The van der Waals surface area contributed by atoms with Crippen LogP contribution in [0.4, 0.5) is 11.4 Å². The van der Waals surface area contributed by atoms with E-state index in [1.54, 1.807) is 0 Å². The van der Waals surface area contributed by atoms with Gasteiger partial charge in [-0.2, -0.15) is 0 Å². The lowest BCUT2D eigenvalue weighted by Crippen LogP contribution is -2.44. The van der Waals surface area contributed by atoms with Gasteiger partial charge in [0.05, 0.1) is 13.7 Å². The smallest absolute Gasteiger partial charge is 0.0995 e. The van der Waals surface area contributed by atoms with Crippen LogP contribution in [0.2, 0.25) is 0 Å². The van der Waals surface area contributed by atoms with E-state index in [-0.39, 0.29) is 5.41 Å². The maximum Gasteiger partial charge on any atom is 0.0995 e. The summed E-state index contributed by atoms with van der Waals surface area (Å²) in [7, 11) is 0. The van der Waals surface area contributed by atoms with Crippen LogP contribution in [0.5, 0.6) is 0 Å². The van der Waals surface area contributed by atoms with Crippen molar-refractivity contribution >= 4 is 11.4 Å². The fourth-order valence-electron chi connectivity index (χ4n) is 7.57. The first-order valence-electron chi connectivity index (χ1n) is 13.1. The summed E-state index contributed by atoms with van der Waals surface area (Å²) < 4.78 is 9.48. The molecular weight excluding hydrogens is 376 g/mol. The summed E-state index contributed by atoms with van der Waals surface area (Å²) in [6.45, 7) is 4.06. The van der Waals surface area contributed by atoms with Crippen LogP contribution >= 0.6 is 0 Å². The number of hydrogen-bond acceptors (Lipinski definition) is 2. The van der Waals surface area contributed by atoms with E-state index in [0.717, 1.165) is 0 Å². The van der Waals surface area contributed by atoms with Crippen LogP contribution in [0.25, 0.3) is 0 Å². The Morgan fingerprint density at radius 2 is 1.32 bits per heavy atom. The highest BCUT2D eigenvalue weighted by Gasteiger charge is 2.59. The SMILES string of the molecule is [2H]C1N(c2ccccc2C)C(C)=C2N1c1ccccc1C2(C1CCCCC1)C1CCCC1. The highest BCUT2D eigenvalue weighted by Crippen LogP contribution is 2.64. The highest BCUT2D eigenvalue weighted by molar-refractivity contribution is 5.78. The molecule has 2 nitrogen and oxygen atoms in total. The Labute approximate surface area is 189 Å². The van der Waals surface area contributed by atoms with E-state index in [2.05, 4.69) is 72.2 Å². The summed E-state index contributed by atoms with van der Waals surface area (Å²) in [5.74, 6) is 1.39. The fraction of sp³-hybridized carbons (Fsp3) is 0.517. The summed E-state index contributed by atoms with van der Waals surface area (Å²) in [5, 5.41) is 0. The van der Waals surface area contributed by atoms with Gasteiger partial charge in [0, 0.05) is 22.5 Å². The maximum absolute atomic E-state index is 9.48. The van der Waals surface area contributed by atoms with Gasteiger partial charge in [-0.1, -0.05) is 68.5 Å². The van der Waals surface area contributed by atoms with Gasteiger partial charge in [0.15, 0.2) is 0 Å². The summed E-state index contributed by atoms with van der Waals surface area (Å²) in [6.07, 6.45) is 12.2. The third-order valence-electron chi connectivity index (χ3n) is 8.80. The zero-order valence-corrected chi connectivity index (χ0v) is 19.1. The molecule has 2 heterocycles. The van der Waals surface area contributed by atoms with Gasteiger partial charge in [-0.15, -0.1) is 0 Å². The molecule has 2 unspecified atom stereocenters. The van der Waals surface area contributed by atoms with E-state index >= 15 is 0 Å². The molecule has 2 aromatic carbocycles. The van der Waals surface area contributed by atoms with Crippen molar-refractivity contribution in [3.8, 4) is 0 Å². The van der Waals surface area contributed by atoms with E-state index in [1.165, 1.54) is 91.7 Å². The second-order valence-electron chi connectivity index (χ2n) is 10.3. The minimum Gasteiger partial charge on any atom is -0.325 e. The quantitative estimate of drug-likeness (QED) is 0.513. The molecule has 2 fully saturated rings. The van der Waals surface area contributed by atoms with Gasteiger partial charge < -0.3 is 9.80 Å². The first-order valence-corrected chi connectivity index (χ1v) is 12.5. The lowest BCUT2D eigenvalue weighted by Gasteiger charge is -2.46.